The van der Waals surface area contributed by atoms with Crippen molar-refractivity contribution in [3.63, 3.8) is 0 Å². The molecule has 0 bridgehead atoms. The van der Waals surface area contributed by atoms with Gasteiger partial charge >= 0.3 is 0 Å². The van der Waals surface area contributed by atoms with Crippen molar-refractivity contribution >= 4 is 5.91 Å². The van der Waals surface area contributed by atoms with E-state index in [9.17, 15) is 4.79 Å². The molecule has 0 saturated carbocycles. The first-order valence-electron chi connectivity index (χ1n) is 5.86. The number of ether oxygens (including phenoxy) is 1. The number of para-hydroxylation sites is 1. The molecule has 4 heteroatoms. The van der Waals surface area contributed by atoms with Gasteiger partial charge in [-0.3, -0.25) is 4.79 Å². The van der Waals surface area contributed by atoms with Crippen molar-refractivity contribution in [3.05, 3.63) is 29.8 Å². The normalized spacial score (nSPS) is 17.1. The average Bonchev–Trinajstić information content (AvgIpc) is 2.26. The van der Waals surface area contributed by atoms with Crippen molar-refractivity contribution in [1.82, 2.24) is 10.6 Å². The van der Waals surface area contributed by atoms with Crippen molar-refractivity contribution in [1.29, 1.82) is 0 Å². The quantitative estimate of drug-likeness (QED) is 0.820. The van der Waals surface area contributed by atoms with Gasteiger partial charge in [-0.2, -0.15) is 0 Å². The van der Waals surface area contributed by atoms with E-state index in [-0.39, 0.29) is 17.9 Å². The fourth-order valence-electron chi connectivity index (χ4n) is 1.91. The first-order chi connectivity index (χ1) is 8.22. The highest BCUT2D eigenvalue weighted by Gasteiger charge is 2.26. The fourth-order valence-corrected chi connectivity index (χ4v) is 1.91. The average molecular weight is 234 g/mol. The van der Waals surface area contributed by atoms with Crippen LogP contribution in [0.5, 0.6) is 5.75 Å². The summed E-state index contributed by atoms with van der Waals surface area (Å²) in [6.45, 7) is 3.54. The highest BCUT2D eigenvalue weighted by Crippen LogP contribution is 2.24. The van der Waals surface area contributed by atoms with Gasteiger partial charge in [0.15, 0.2) is 0 Å². The molecule has 1 aliphatic rings. The van der Waals surface area contributed by atoms with Gasteiger partial charge in [0.25, 0.3) is 0 Å². The lowest BCUT2D eigenvalue weighted by Crippen LogP contribution is -2.51. The predicted octanol–water partition coefficient (Wildman–Crippen LogP) is 1.09. The summed E-state index contributed by atoms with van der Waals surface area (Å²) in [5.41, 5.74) is 1.01. The van der Waals surface area contributed by atoms with E-state index in [4.69, 9.17) is 4.74 Å². The second-order valence-electron chi connectivity index (χ2n) is 4.33. The Morgan fingerprint density at radius 1 is 1.47 bits per heavy atom. The second kappa shape index (κ2) is 5.19. The van der Waals surface area contributed by atoms with Crippen LogP contribution < -0.4 is 15.4 Å². The van der Waals surface area contributed by atoms with E-state index in [2.05, 4.69) is 10.6 Å². The smallest absolute Gasteiger partial charge is 0.226 e. The molecule has 17 heavy (non-hydrogen) atoms. The summed E-state index contributed by atoms with van der Waals surface area (Å²) in [6.07, 6.45) is 0. The molecule has 2 rings (SSSR count). The van der Waals surface area contributed by atoms with Crippen molar-refractivity contribution in [2.24, 2.45) is 5.92 Å². The SMILES string of the molecule is COc1ccccc1[C@@H](C)NC(=O)C1CNC1. The van der Waals surface area contributed by atoms with Crippen molar-refractivity contribution in [3.8, 4) is 5.75 Å². The number of rotatable bonds is 4. The lowest BCUT2D eigenvalue weighted by Gasteiger charge is -2.28. The Balaban J connectivity index is 2.03. The van der Waals surface area contributed by atoms with E-state index in [1.807, 2.05) is 31.2 Å². The maximum Gasteiger partial charge on any atom is 0.226 e. The molecule has 1 aliphatic heterocycles. The number of nitrogens with one attached hydrogen (secondary N) is 2. The molecule has 2 N–H and O–H groups in total. The largest absolute Gasteiger partial charge is 0.496 e. The number of benzene rings is 1. The third-order valence-electron chi connectivity index (χ3n) is 3.12. The lowest BCUT2D eigenvalue weighted by atomic mass is 10.0. The molecule has 1 aromatic carbocycles. The van der Waals surface area contributed by atoms with Gasteiger partial charge in [0.2, 0.25) is 5.91 Å². The molecule has 92 valence electrons. The summed E-state index contributed by atoms with van der Waals surface area (Å²) in [7, 11) is 1.64. The van der Waals surface area contributed by atoms with Gasteiger partial charge in [-0.15, -0.1) is 0 Å². The van der Waals surface area contributed by atoms with Gasteiger partial charge < -0.3 is 15.4 Å². The molecule has 1 saturated heterocycles. The zero-order chi connectivity index (χ0) is 12.3. The van der Waals surface area contributed by atoms with E-state index in [1.54, 1.807) is 7.11 Å². The minimum absolute atomic E-state index is 0.0285. The molecule has 0 aliphatic carbocycles. The van der Waals surface area contributed by atoms with Gasteiger partial charge in [0, 0.05) is 18.7 Å². The van der Waals surface area contributed by atoms with Crippen LogP contribution in [0.4, 0.5) is 0 Å². The van der Waals surface area contributed by atoms with Crippen LogP contribution in [0.1, 0.15) is 18.5 Å². The van der Waals surface area contributed by atoms with Crippen LogP contribution in [-0.2, 0) is 4.79 Å². The standard InChI is InChI=1S/C13H18N2O2/c1-9(15-13(16)10-7-14-8-10)11-5-3-4-6-12(11)17-2/h3-6,9-10,14H,7-8H2,1-2H3,(H,15,16)/t9-/m1/s1. The molecule has 4 nitrogen and oxygen atoms in total. The molecule has 0 unspecified atom stereocenters. The highest BCUT2D eigenvalue weighted by atomic mass is 16.5. The number of carbonyl (C=O) groups excluding carboxylic acids is 1. The molecular formula is C13H18N2O2. The molecule has 1 fully saturated rings. The van der Waals surface area contributed by atoms with E-state index in [0.29, 0.717) is 0 Å². The van der Waals surface area contributed by atoms with E-state index in [0.717, 1.165) is 24.4 Å². The lowest BCUT2D eigenvalue weighted by molar-refractivity contribution is -0.127. The van der Waals surface area contributed by atoms with Crippen LogP contribution in [0.2, 0.25) is 0 Å². The van der Waals surface area contributed by atoms with Gasteiger partial charge in [0.05, 0.1) is 19.1 Å². The summed E-state index contributed by atoms with van der Waals surface area (Å²) in [4.78, 5) is 11.8. The Morgan fingerprint density at radius 3 is 2.76 bits per heavy atom. The zero-order valence-corrected chi connectivity index (χ0v) is 10.2. The van der Waals surface area contributed by atoms with Crippen molar-refractivity contribution in [2.75, 3.05) is 20.2 Å². The molecule has 1 aromatic rings. The number of hydrogen-bond donors (Lipinski definition) is 2. The second-order valence-corrected chi connectivity index (χ2v) is 4.33. The Bertz CT molecular complexity index is 402. The third-order valence-corrected chi connectivity index (χ3v) is 3.12. The number of hydrogen-bond acceptors (Lipinski definition) is 3. The van der Waals surface area contributed by atoms with E-state index < -0.39 is 0 Å². The minimum Gasteiger partial charge on any atom is -0.496 e. The summed E-state index contributed by atoms with van der Waals surface area (Å²) in [5.74, 6) is 1.04. The third kappa shape index (κ3) is 2.58. The number of amides is 1. The van der Waals surface area contributed by atoms with E-state index in [1.165, 1.54) is 0 Å². The van der Waals surface area contributed by atoms with E-state index >= 15 is 0 Å². The maximum absolute atomic E-state index is 11.8. The minimum atomic E-state index is -0.0285. The monoisotopic (exact) mass is 234 g/mol. The molecule has 0 spiro atoms. The molecule has 0 radical (unpaired) electrons. The summed E-state index contributed by atoms with van der Waals surface area (Å²) in [6, 6.07) is 7.73. The Labute approximate surface area is 101 Å². The Kier molecular flexibility index (Phi) is 3.64. The summed E-state index contributed by atoms with van der Waals surface area (Å²) in [5, 5.41) is 6.11. The van der Waals surface area contributed by atoms with Crippen LogP contribution in [0.15, 0.2) is 24.3 Å². The first-order valence-corrected chi connectivity index (χ1v) is 5.86. The van der Waals surface area contributed by atoms with Crippen LogP contribution >= 0.6 is 0 Å². The summed E-state index contributed by atoms with van der Waals surface area (Å²) >= 11 is 0. The van der Waals surface area contributed by atoms with Gasteiger partial charge in [-0.05, 0) is 13.0 Å². The maximum atomic E-state index is 11.8. The molecule has 1 heterocycles. The van der Waals surface area contributed by atoms with Crippen LogP contribution in [0.25, 0.3) is 0 Å². The topological polar surface area (TPSA) is 50.4 Å². The molecule has 1 amide bonds. The summed E-state index contributed by atoms with van der Waals surface area (Å²) < 4.78 is 5.29. The zero-order valence-electron chi connectivity index (χ0n) is 10.2. The van der Waals surface area contributed by atoms with Gasteiger partial charge in [-0.1, -0.05) is 18.2 Å². The highest BCUT2D eigenvalue weighted by molar-refractivity contribution is 5.80. The van der Waals surface area contributed by atoms with Crippen molar-refractivity contribution < 1.29 is 9.53 Å². The van der Waals surface area contributed by atoms with Gasteiger partial charge in [-0.25, -0.2) is 0 Å². The number of methoxy groups -OCH3 is 1. The Hall–Kier alpha value is -1.55. The van der Waals surface area contributed by atoms with Crippen LogP contribution in [0, 0.1) is 5.92 Å². The van der Waals surface area contributed by atoms with Crippen LogP contribution in [-0.4, -0.2) is 26.1 Å². The van der Waals surface area contributed by atoms with Crippen LogP contribution in [0.3, 0.4) is 0 Å². The van der Waals surface area contributed by atoms with Crippen molar-refractivity contribution in [2.45, 2.75) is 13.0 Å². The number of carbonyl (C=O) groups is 1. The van der Waals surface area contributed by atoms with Gasteiger partial charge in [0.1, 0.15) is 5.75 Å². The Morgan fingerprint density at radius 2 is 2.18 bits per heavy atom. The first kappa shape index (κ1) is 11.9. The fraction of sp³-hybridized carbons (Fsp3) is 0.462. The predicted molar refractivity (Wildman–Crippen MR) is 65.9 cm³/mol. The molecular weight excluding hydrogens is 216 g/mol. The molecule has 0 aromatic heterocycles. The molecule has 1 atom stereocenters.